The lowest BCUT2D eigenvalue weighted by Crippen LogP contribution is -2.17. The fourth-order valence-corrected chi connectivity index (χ4v) is 2.99. The minimum atomic E-state index is 0.179. The maximum Gasteiger partial charge on any atom is 0.193 e. The quantitative estimate of drug-likeness (QED) is 0.649. The van der Waals surface area contributed by atoms with Gasteiger partial charge in [0, 0.05) is 22.0 Å². The number of aromatic nitrogens is 1. The molecule has 1 aromatic heterocycles. The van der Waals surface area contributed by atoms with Crippen molar-refractivity contribution in [1.82, 2.24) is 4.98 Å². The number of para-hydroxylation sites is 1. The summed E-state index contributed by atoms with van der Waals surface area (Å²) in [5, 5.41) is 0.792. The number of aromatic amines is 1. The molecule has 2 nitrogen and oxygen atoms in total. The van der Waals surface area contributed by atoms with Crippen molar-refractivity contribution in [3.05, 3.63) is 69.9 Å². The van der Waals surface area contributed by atoms with Crippen molar-refractivity contribution >= 4 is 10.9 Å². The lowest BCUT2D eigenvalue weighted by atomic mass is 9.88. The van der Waals surface area contributed by atoms with Crippen molar-refractivity contribution in [2.45, 2.75) is 12.8 Å². The molecule has 1 aliphatic rings. The average Bonchev–Trinajstić information content (AvgIpc) is 2.47. The first kappa shape index (κ1) is 10.6. The van der Waals surface area contributed by atoms with Crippen LogP contribution in [-0.2, 0) is 12.8 Å². The molecule has 0 spiro atoms. The summed E-state index contributed by atoms with van der Waals surface area (Å²) >= 11 is 0. The Bertz CT molecular complexity index is 845. The van der Waals surface area contributed by atoms with E-state index in [2.05, 4.69) is 23.2 Å². The van der Waals surface area contributed by atoms with E-state index in [4.69, 9.17) is 0 Å². The molecule has 1 N–H and O–H groups in total. The highest BCUT2D eigenvalue weighted by atomic mass is 16.1. The van der Waals surface area contributed by atoms with Crippen molar-refractivity contribution in [3.63, 3.8) is 0 Å². The molecule has 4 rings (SSSR count). The maximum atomic E-state index is 12.6. The first-order chi connectivity index (χ1) is 9.34. The fraction of sp³-hybridized carbons (Fsp3) is 0.118. The second kappa shape index (κ2) is 3.82. The zero-order valence-corrected chi connectivity index (χ0v) is 10.4. The number of fused-ring (bicyclic) bond motifs is 4. The van der Waals surface area contributed by atoms with Crippen LogP contribution in [0.1, 0.15) is 11.1 Å². The van der Waals surface area contributed by atoms with Crippen LogP contribution in [0.4, 0.5) is 0 Å². The van der Waals surface area contributed by atoms with E-state index in [0.717, 1.165) is 35.0 Å². The number of rotatable bonds is 0. The predicted molar refractivity (Wildman–Crippen MR) is 77.4 cm³/mol. The molecule has 0 saturated heterocycles. The van der Waals surface area contributed by atoms with Crippen molar-refractivity contribution < 1.29 is 0 Å². The van der Waals surface area contributed by atoms with Crippen molar-refractivity contribution in [3.8, 4) is 11.3 Å². The Hall–Kier alpha value is -2.35. The van der Waals surface area contributed by atoms with Gasteiger partial charge in [-0.15, -0.1) is 0 Å². The van der Waals surface area contributed by atoms with Gasteiger partial charge in [0.2, 0.25) is 0 Å². The molecule has 2 aromatic carbocycles. The van der Waals surface area contributed by atoms with Gasteiger partial charge in [-0.1, -0.05) is 36.4 Å². The van der Waals surface area contributed by atoms with Gasteiger partial charge in [-0.05, 0) is 30.5 Å². The fourth-order valence-electron chi connectivity index (χ4n) is 2.99. The van der Waals surface area contributed by atoms with Crippen LogP contribution in [0.25, 0.3) is 22.2 Å². The van der Waals surface area contributed by atoms with E-state index in [1.165, 1.54) is 11.1 Å². The van der Waals surface area contributed by atoms with Crippen molar-refractivity contribution in [2.75, 3.05) is 0 Å². The second-order valence-corrected chi connectivity index (χ2v) is 5.01. The SMILES string of the molecule is O=c1c2c([nH]c3ccccc13)-c1ccccc1CC2. The molecule has 0 atom stereocenters. The van der Waals surface area contributed by atoms with Crippen LogP contribution < -0.4 is 5.43 Å². The van der Waals surface area contributed by atoms with Crippen LogP contribution >= 0.6 is 0 Å². The molecule has 1 heterocycles. The molecule has 2 heteroatoms. The number of benzene rings is 2. The van der Waals surface area contributed by atoms with E-state index in [1.807, 2.05) is 30.3 Å². The molecule has 92 valence electrons. The van der Waals surface area contributed by atoms with Crippen LogP contribution in [0.2, 0.25) is 0 Å². The Balaban J connectivity index is 2.15. The molecule has 0 fully saturated rings. The molecule has 0 aliphatic heterocycles. The topological polar surface area (TPSA) is 32.9 Å². The summed E-state index contributed by atoms with van der Waals surface area (Å²) in [4.78, 5) is 16.0. The van der Waals surface area contributed by atoms with Crippen LogP contribution in [0.5, 0.6) is 0 Å². The molecule has 1 aliphatic carbocycles. The third kappa shape index (κ3) is 1.46. The first-order valence-electron chi connectivity index (χ1n) is 6.57. The van der Waals surface area contributed by atoms with E-state index in [-0.39, 0.29) is 5.43 Å². The van der Waals surface area contributed by atoms with E-state index < -0.39 is 0 Å². The molecule has 0 amide bonds. The highest BCUT2D eigenvalue weighted by Crippen LogP contribution is 2.31. The summed E-state index contributed by atoms with van der Waals surface area (Å²) in [7, 11) is 0. The third-order valence-electron chi connectivity index (χ3n) is 3.94. The number of nitrogens with one attached hydrogen (secondary N) is 1. The molecule has 3 aromatic rings. The Labute approximate surface area is 110 Å². The summed E-state index contributed by atoms with van der Waals surface area (Å²) < 4.78 is 0. The normalized spacial score (nSPS) is 13.1. The van der Waals surface area contributed by atoms with Crippen LogP contribution in [0.15, 0.2) is 53.3 Å². The lowest BCUT2D eigenvalue weighted by Gasteiger charge is -2.19. The average molecular weight is 247 g/mol. The number of hydrogen-bond donors (Lipinski definition) is 1. The summed E-state index contributed by atoms with van der Waals surface area (Å²) in [6.45, 7) is 0. The van der Waals surface area contributed by atoms with Gasteiger partial charge in [-0.25, -0.2) is 0 Å². The van der Waals surface area contributed by atoms with Crippen LogP contribution in [0.3, 0.4) is 0 Å². The predicted octanol–water partition coefficient (Wildman–Crippen LogP) is 3.29. The standard InChI is InChI=1S/C17H13NO/c19-17-13-7-3-4-8-15(13)18-16-12-6-2-1-5-11(12)9-10-14(16)17/h1-8H,9-10H2,(H,18,19). The van der Waals surface area contributed by atoms with E-state index in [0.29, 0.717) is 0 Å². The van der Waals surface area contributed by atoms with E-state index in [1.54, 1.807) is 0 Å². The third-order valence-corrected chi connectivity index (χ3v) is 3.94. The highest BCUT2D eigenvalue weighted by molar-refractivity contribution is 5.84. The maximum absolute atomic E-state index is 12.6. The molecule has 0 bridgehead atoms. The zero-order valence-electron chi connectivity index (χ0n) is 10.4. The van der Waals surface area contributed by atoms with Gasteiger partial charge in [0.25, 0.3) is 0 Å². The minimum Gasteiger partial charge on any atom is -0.354 e. The second-order valence-electron chi connectivity index (χ2n) is 5.01. The zero-order chi connectivity index (χ0) is 12.8. The summed E-state index contributed by atoms with van der Waals surface area (Å²) in [5.41, 5.74) is 5.53. The van der Waals surface area contributed by atoms with Gasteiger partial charge < -0.3 is 4.98 Å². The largest absolute Gasteiger partial charge is 0.354 e. The first-order valence-corrected chi connectivity index (χ1v) is 6.57. The Kier molecular flexibility index (Phi) is 2.12. The van der Waals surface area contributed by atoms with Crippen molar-refractivity contribution in [2.24, 2.45) is 0 Å². The Morgan fingerprint density at radius 2 is 1.68 bits per heavy atom. The molecular formula is C17H13NO. The number of pyridine rings is 1. The molecule has 19 heavy (non-hydrogen) atoms. The van der Waals surface area contributed by atoms with Gasteiger partial charge >= 0.3 is 0 Å². The number of hydrogen-bond acceptors (Lipinski definition) is 1. The Morgan fingerprint density at radius 1 is 0.895 bits per heavy atom. The van der Waals surface area contributed by atoms with Gasteiger partial charge in [-0.3, -0.25) is 4.79 Å². The van der Waals surface area contributed by atoms with Gasteiger partial charge in [0.15, 0.2) is 5.43 Å². The summed E-state index contributed by atoms with van der Waals surface area (Å²) in [6, 6.07) is 16.1. The minimum absolute atomic E-state index is 0.179. The van der Waals surface area contributed by atoms with Crippen LogP contribution in [-0.4, -0.2) is 4.98 Å². The summed E-state index contributed by atoms with van der Waals surface area (Å²) in [5.74, 6) is 0. The monoisotopic (exact) mass is 247 g/mol. The number of aryl methyl sites for hydroxylation is 1. The van der Waals surface area contributed by atoms with Crippen molar-refractivity contribution in [1.29, 1.82) is 0 Å². The van der Waals surface area contributed by atoms with Crippen LogP contribution in [0, 0.1) is 0 Å². The molecule has 0 radical (unpaired) electrons. The molecule has 0 saturated carbocycles. The van der Waals surface area contributed by atoms with E-state index >= 15 is 0 Å². The molecule has 0 unspecified atom stereocenters. The Morgan fingerprint density at radius 3 is 2.63 bits per heavy atom. The van der Waals surface area contributed by atoms with E-state index in [9.17, 15) is 4.79 Å². The summed E-state index contributed by atoms with van der Waals surface area (Å²) in [6.07, 6.45) is 1.77. The smallest absolute Gasteiger partial charge is 0.193 e. The van der Waals surface area contributed by atoms with Gasteiger partial charge in [0.05, 0.1) is 5.69 Å². The highest BCUT2D eigenvalue weighted by Gasteiger charge is 2.19. The molecular weight excluding hydrogens is 234 g/mol. The van der Waals surface area contributed by atoms with Gasteiger partial charge in [0.1, 0.15) is 0 Å². The van der Waals surface area contributed by atoms with Gasteiger partial charge in [-0.2, -0.15) is 0 Å². The lowest BCUT2D eigenvalue weighted by molar-refractivity contribution is 0.924. The number of H-pyrrole nitrogens is 1.